The molecular formula is C30H37N3O4. The van der Waals surface area contributed by atoms with Crippen LogP contribution in [0, 0.1) is 12.8 Å². The van der Waals surface area contributed by atoms with Gasteiger partial charge in [-0.2, -0.15) is 0 Å². The molecule has 0 radical (unpaired) electrons. The number of carbonyl (C=O) groups is 1. The lowest BCUT2D eigenvalue weighted by molar-refractivity contribution is -0.0589. The van der Waals surface area contributed by atoms with Gasteiger partial charge >= 0.3 is 0 Å². The van der Waals surface area contributed by atoms with Gasteiger partial charge in [-0.05, 0) is 68.9 Å². The molecule has 3 N–H and O–H groups in total. The number of hydrogen-bond donors (Lipinski definition) is 2. The van der Waals surface area contributed by atoms with E-state index in [4.69, 9.17) is 15.2 Å². The molecule has 2 aromatic carbocycles. The molecule has 3 aromatic rings. The summed E-state index contributed by atoms with van der Waals surface area (Å²) in [5, 5.41) is 12.5. The number of nitrogen functional groups attached to an aromatic ring is 1. The summed E-state index contributed by atoms with van der Waals surface area (Å²) in [5.41, 5.74) is 6.93. The predicted molar refractivity (Wildman–Crippen MR) is 145 cm³/mol. The summed E-state index contributed by atoms with van der Waals surface area (Å²) in [5.74, 6) is 1.46. The number of ether oxygens (including phenoxy) is 2. The number of piperidine rings is 1. The van der Waals surface area contributed by atoms with Gasteiger partial charge in [0.1, 0.15) is 17.3 Å². The highest BCUT2D eigenvalue weighted by molar-refractivity contribution is 5.94. The predicted octanol–water partition coefficient (Wildman–Crippen LogP) is 5.32. The van der Waals surface area contributed by atoms with E-state index >= 15 is 0 Å². The molecule has 2 unspecified atom stereocenters. The number of unbranched alkanes of at least 4 members (excludes halogenated alkanes) is 1. The van der Waals surface area contributed by atoms with E-state index < -0.39 is 5.60 Å². The molecule has 0 bridgehead atoms. The van der Waals surface area contributed by atoms with E-state index in [-0.39, 0.29) is 11.8 Å². The van der Waals surface area contributed by atoms with E-state index in [1.54, 1.807) is 25.4 Å². The molecule has 1 aromatic heterocycles. The largest absolute Gasteiger partial charge is 0.457 e. The van der Waals surface area contributed by atoms with Crippen molar-refractivity contribution < 1.29 is 19.4 Å². The molecular weight excluding hydrogens is 466 g/mol. The molecule has 1 fully saturated rings. The van der Waals surface area contributed by atoms with Crippen LogP contribution >= 0.6 is 0 Å². The number of nitrogens with two attached hydrogens (primary N) is 1. The summed E-state index contributed by atoms with van der Waals surface area (Å²) in [6.07, 6.45) is 5.33. The van der Waals surface area contributed by atoms with E-state index in [1.165, 1.54) is 0 Å². The average molecular weight is 504 g/mol. The zero-order chi connectivity index (χ0) is 26.3. The van der Waals surface area contributed by atoms with Gasteiger partial charge in [-0.3, -0.25) is 4.79 Å². The van der Waals surface area contributed by atoms with Gasteiger partial charge in [-0.25, -0.2) is 4.98 Å². The minimum atomic E-state index is -1.18. The summed E-state index contributed by atoms with van der Waals surface area (Å²) in [6, 6.07) is 18.9. The van der Waals surface area contributed by atoms with Crippen molar-refractivity contribution in [2.24, 2.45) is 5.92 Å². The Balaban J connectivity index is 1.65. The third-order valence-electron chi connectivity index (χ3n) is 7.24. The third-order valence-corrected chi connectivity index (χ3v) is 7.24. The van der Waals surface area contributed by atoms with Crippen molar-refractivity contribution in [1.82, 2.24) is 9.88 Å². The summed E-state index contributed by atoms with van der Waals surface area (Å²) in [4.78, 5) is 19.2. The number of hydrogen-bond acceptors (Lipinski definition) is 6. The minimum absolute atomic E-state index is 0.0926. The molecule has 1 saturated heterocycles. The number of carbonyl (C=O) groups excluding carboxylic acids is 1. The van der Waals surface area contributed by atoms with Gasteiger partial charge in [-0.15, -0.1) is 0 Å². The van der Waals surface area contributed by atoms with Crippen LogP contribution in [-0.2, 0) is 10.3 Å². The number of methoxy groups -OCH3 is 1. The summed E-state index contributed by atoms with van der Waals surface area (Å²) >= 11 is 0. The molecule has 7 nitrogen and oxygen atoms in total. The lowest BCUT2D eigenvalue weighted by Crippen LogP contribution is -2.48. The molecule has 0 saturated carbocycles. The number of benzene rings is 2. The molecule has 0 aliphatic carbocycles. The van der Waals surface area contributed by atoms with E-state index in [1.807, 2.05) is 60.4 Å². The van der Waals surface area contributed by atoms with Crippen LogP contribution in [0.1, 0.15) is 53.6 Å². The van der Waals surface area contributed by atoms with Crippen LogP contribution in [0.2, 0.25) is 0 Å². The Hall–Kier alpha value is -3.42. The maximum atomic E-state index is 13.3. The topological polar surface area (TPSA) is 97.9 Å². The van der Waals surface area contributed by atoms with Crippen LogP contribution < -0.4 is 10.5 Å². The molecule has 1 amide bonds. The van der Waals surface area contributed by atoms with Crippen molar-refractivity contribution in [2.75, 3.05) is 32.5 Å². The number of aromatic nitrogens is 1. The van der Waals surface area contributed by atoms with Crippen molar-refractivity contribution >= 4 is 11.7 Å². The van der Waals surface area contributed by atoms with E-state index in [2.05, 4.69) is 4.98 Å². The monoisotopic (exact) mass is 503 g/mol. The van der Waals surface area contributed by atoms with Crippen LogP contribution in [0.4, 0.5) is 5.82 Å². The number of pyridine rings is 1. The number of aliphatic hydroxyl groups is 1. The Bertz CT molecular complexity index is 1200. The number of anilines is 1. The van der Waals surface area contributed by atoms with E-state index in [0.29, 0.717) is 43.2 Å². The zero-order valence-electron chi connectivity index (χ0n) is 21.7. The summed E-state index contributed by atoms with van der Waals surface area (Å²) in [6.45, 7) is 3.72. The van der Waals surface area contributed by atoms with Crippen molar-refractivity contribution in [3.05, 3.63) is 83.6 Å². The number of rotatable bonds is 10. The van der Waals surface area contributed by atoms with Crippen LogP contribution in [0.3, 0.4) is 0 Å². The second-order valence-corrected chi connectivity index (χ2v) is 9.80. The fraction of sp³-hybridized carbons (Fsp3) is 0.400. The molecule has 2 heterocycles. The van der Waals surface area contributed by atoms with Crippen LogP contribution in [-0.4, -0.2) is 47.7 Å². The maximum absolute atomic E-state index is 13.3. The highest BCUT2D eigenvalue weighted by Gasteiger charge is 2.43. The highest BCUT2D eigenvalue weighted by atomic mass is 16.5. The van der Waals surface area contributed by atoms with Crippen molar-refractivity contribution in [1.29, 1.82) is 0 Å². The Morgan fingerprint density at radius 2 is 1.89 bits per heavy atom. The van der Waals surface area contributed by atoms with Gasteiger partial charge in [-0.1, -0.05) is 36.4 Å². The first-order valence-electron chi connectivity index (χ1n) is 13.0. The Kier molecular flexibility index (Phi) is 8.79. The van der Waals surface area contributed by atoms with Gasteiger partial charge in [0.25, 0.3) is 5.91 Å². The Morgan fingerprint density at radius 1 is 1.14 bits per heavy atom. The molecule has 7 heteroatoms. The van der Waals surface area contributed by atoms with Crippen LogP contribution in [0.25, 0.3) is 0 Å². The zero-order valence-corrected chi connectivity index (χ0v) is 21.7. The first-order chi connectivity index (χ1) is 17.9. The number of nitrogens with zero attached hydrogens (tertiary/aromatic N) is 2. The second-order valence-electron chi connectivity index (χ2n) is 9.80. The van der Waals surface area contributed by atoms with Gasteiger partial charge in [0, 0.05) is 50.0 Å². The first-order valence-corrected chi connectivity index (χ1v) is 13.0. The molecule has 0 spiro atoms. The highest BCUT2D eigenvalue weighted by Crippen LogP contribution is 2.44. The number of aryl methyl sites for hydroxylation is 1. The fourth-order valence-corrected chi connectivity index (χ4v) is 5.22. The fourth-order valence-electron chi connectivity index (χ4n) is 5.22. The third kappa shape index (κ3) is 6.29. The molecule has 4 rings (SSSR count). The second kappa shape index (κ2) is 12.2. The number of para-hydroxylation sites is 2. The quantitative estimate of drug-likeness (QED) is 0.363. The average Bonchev–Trinajstić information content (AvgIpc) is 2.92. The van der Waals surface area contributed by atoms with Crippen LogP contribution in [0.15, 0.2) is 66.9 Å². The van der Waals surface area contributed by atoms with Gasteiger partial charge in [0.15, 0.2) is 0 Å². The molecule has 1 aliphatic heterocycles. The van der Waals surface area contributed by atoms with Crippen molar-refractivity contribution in [2.45, 2.75) is 44.6 Å². The molecule has 37 heavy (non-hydrogen) atoms. The molecule has 2 atom stereocenters. The van der Waals surface area contributed by atoms with Gasteiger partial charge in [0.2, 0.25) is 0 Å². The maximum Gasteiger partial charge on any atom is 0.254 e. The van der Waals surface area contributed by atoms with Gasteiger partial charge < -0.3 is 25.2 Å². The Labute approximate surface area is 219 Å². The Morgan fingerprint density at radius 3 is 2.65 bits per heavy atom. The van der Waals surface area contributed by atoms with E-state index in [9.17, 15) is 9.90 Å². The molecule has 1 aliphatic rings. The normalized spacial score (nSPS) is 17.3. The summed E-state index contributed by atoms with van der Waals surface area (Å²) in [7, 11) is 1.69. The van der Waals surface area contributed by atoms with Crippen LogP contribution in [0.5, 0.6) is 11.5 Å². The lowest BCUT2D eigenvalue weighted by Gasteiger charge is -2.43. The minimum Gasteiger partial charge on any atom is -0.457 e. The smallest absolute Gasteiger partial charge is 0.254 e. The number of likely N-dealkylation sites (tertiary alicyclic amines) is 1. The van der Waals surface area contributed by atoms with Gasteiger partial charge in [0.05, 0.1) is 5.60 Å². The SMILES string of the molecule is COCCCCC(O)(c1ccccc1Oc1ccccc1C)C1CCCN(C(=O)c2ccnc(N)c2)C1. The molecule has 196 valence electrons. The van der Waals surface area contributed by atoms with E-state index in [0.717, 1.165) is 42.6 Å². The van der Waals surface area contributed by atoms with Crippen molar-refractivity contribution in [3.8, 4) is 11.5 Å². The van der Waals surface area contributed by atoms with Crippen molar-refractivity contribution in [3.63, 3.8) is 0 Å². The first kappa shape index (κ1) is 26.6. The standard InChI is InChI=1S/C30H37N3O4/c1-22-10-3-5-13-26(22)37-27-14-6-4-12-25(27)30(35,16-7-8-19-36-2)24-11-9-18-33(21-24)29(34)23-15-17-32-28(31)20-23/h3-6,10,12-15,17,20,24,35H,7-9,11,16,18-19,21H2,1-2H3,(H2,31,32). The number of amides is 1. The lowest BCUT2D eigenvalue weighted by atomic mass is 9.73. The summed E-state index contributed by atoms with van der Waals surface area (Å²) < 4.78 is 11.6.